The van der Waals surface area contributed by atoms with E-state index in [-0.39, 0.29) is 10.6 Å². The summed E-state index contributed by atoms with van der Waals surface area (Å²) in [5.74, 6) is -1.20. The molecule has 19 heavy (non-hydrogen) atoms. The van der Waals surface area contributed by atoms with E-state index in [2.05, 4.69) is 21.2 Å². The average Bonchev–Trinajstić information content (AvgIpc) is 2.32. The Morgan fingerprint density at radius 2 is 1.95 bits per heavy atom. The van der Waals surface area contributed by atoms with Crippen LogP contribution in [-0.2, 0) is 0 Å². The third-order valence-electron chi connectivity index (χ3n) is 2.37. The van der Waals surface area contributed by atoms with E-state index in [9.17, 15) is 9.18 Å². The fraction of sp³-hybridized carbons (Fsp3) is 0. The zero-order valence-electron chi connectivity index (χ0n) is 9.38. The van der Waals surface area contributed by atoms with E-state index in [4.69, 9.17) is 23.2 Å². The lowest BCUT2D eigenvalue weighted by atomic mass is 10.2. The Kier molecular flexibility index (Phi) is 4.45. The van der Waals surface area contributed by atoms with Gasteiger partial charge in [-0.05, 0) is 46.3 Å². The first kappa shape index (κ1) is 14.3. The summed E-state index contributed by atoms with van der Waals surface area (Å²) in [6.07, 6.45) is 0. The number of benzene rings is 2. The van der Waals surface area contributed by atoms with Gasteiger partial charge in [0, 0.05) is 9.50 Å². The van der Waals surface area contributed by atoms with Crippen molar-refractivity contribution in [1.29, 1.82) is 0 Å². The van der Waals surface area contributed by atoms with Crippen molar-refractivity contribution in [2.24, 2.45) is 0 Å². The molecule has 2 nitrogen and oxygen atoms in total. The summed E-state index contributed by atoms with van der Waals surface area (Å²) >= 11 is 14.8. The molecular formula is C13H7BrCl2FNO. The Balaban J connectivity index is 2.31. The van der Waals surface area contributed by atoms with Crippen LogP contribution in [0.1, 0.15) is 10.4 Å². The standard InChI is InChI=1S/C13H7BrCl2FNO/c14-8-2-1-3-10(17)12(8)13(19)18-11-5-4-7(15)6-9(11)16/h1-6H,(H,18,19). The normalized spacial score (nSPS) is 10.3. The summed E-state index contributed by atoms with van der Waals surface area (Å²) in [7, 11) is 0. The molecule has 0 bridgehead atoms. The Bertz CT molecular complexity index is 628. The predicted molar refractivity (Wildman–Crippen MR) is 78.5 cm³/mol. The average molecular weight is 363 g/mol. The number of nitrogens with one attached hydrogen (secondary N) is 1. The molecule has 1 amide bonds. The van der Waals surface area contributed by atoms with Crippen LogP contribution in [0.4, 0.5) is 10.1 Å². The first-order valence-corrected chi connectivity index (χ1v) is 6.74. The van der Waals surface area contributed by atoms with Gasteiger partial charge >= 0.3 is 0 Å². The van der Waals surface area contributed by atoms with Crippen LogP contribution in [0, 0.1) is 5.82 Å². The number of anilines is 1. The largest absolute Gasteiger partial charge is 0.321 e. The molecule has 2 rings (SSSR count). The van der Waals surface area contributed by atoms with Crippen LogP contribution in [-0.4, -0.2) is 5.91 Å². The van der Waals surface area contributed by atoms with E-state index in [0.29, 0.717) is 15.2 Å². The fourth-order valence-electron chi connectivity index (χ4n) is 1.49. The Hall–Kier alpha value is -1.10. The molecule has 6 heteroatoms. The van der Waals surface area contributed by atoms with Gasteiger partial charge in [0.05, 0.1) is 16.3 Å². The second kappa shape index (κ2) is 5.90. The molecule has 2 aromatic carbocycles. The topological polar surface area (TPSA) is 29.1 Å². The van der Waals surface area contributed by atoms with Crippen molar-refractivity contribution in [1.82, 2.24) is 0 Å². The molecule has 0 aliphatic carbocycles. The van der Waals surface area contributed by atoms with Crippen LogP contribution in [0.2, 0.25) is 10.0 Å². The summed E-state index contributed by atoms with van der Waals surface area (Å²) in [6, 6.07) is 8.93. The molecule has 0 aliphatic heterocycles. The summed E-state index contributed by atoms with van der Waals surface area (Å²) < 4.78 is 14.0. The molecule has 0 spiro atoms. The number of carbonyl (C=O) groups is 1. The van der Waals surface area contributed by atoms with Crippen LogP contribution in [0.5, 0.6) is 0 Å². The Labute approximate surface area is 127 Å². The van der Waals surface area contributed by atoms with E-state index in [1.54, 1.807) is 18.2 Å². The van der Waals surface area contributed by atoms with E-state index < -0.39 is 11.7 Å². The molecule has 1 N–H and O–H groups in total. The SMILES string of the molecule is O=C(Nc1ccc(Cl)cc1Cl)c1c(F)cccc1Br. The van der Waals surface area contributed by atoms with Crippen LogP contribution in [0.3, 0.4) is 0 Å². The lowest BCUT2D eigenvalue weighted by Crippen LogP contribution is -2.14. The van der Waals surface area contributed by atoms with Gasteiger partial charge in [-0.3, -0.25) is 4.79 Å². The maximum Gasteiger partial charge on any atom is 0.259 e. The highest BCUT2D eigenvalue weighted by Crippen LogP contribution is 2.27. The van der Waals surface area contributed by atoms with Crippen molar-refractivity contribution in [3.8, 4) is 0 Å². The second-order valence-electron chi connectivity index (χ2n) is 3.67. The third-order valence-corrected chi connectivity index (χ3v) is 3.58. The first-order valence-electron chi connectivity index (χ1n) is 5.19. The second-order valence-corrected chi connectivity index (χ2v) is 5.37. The molecule has 0 radical (unpaired) electrons. The maximum absolute atomic E-state index is 13.6. The molecule has 0 saturated heterocycles. The minimum atomic E-state index is -0.614. The van der Waals surface area contributed by atoms with Crippen molar-refractivity contribution in [3.63, 3.8) is 0 Å². The molecule has 0 saturated carbocycles. The van der Waals surface area contributed by atoms with Crippen molar-refractivity contribution < 1.29 is 9.18 Å². The Morgan fingerprint density at radius 3 is 2.58 bits per heavy atom. The Morgan fingerprint density at radius 1 is 1.21 bits per heavy atom. The van der Waals surface area contributed by atoms with Gasteiger partial charge < -0.3 is 5.32 Å². The highest BCUT2D eigenvalue weighted by Gasteiger charge is 2.16. The molecule has 0 aromatic heterocycles. The number of rotatable bonds is 2. The smallest absolute Gasteiger partial charge is 0.259 e. The minimum absolute atomic E-state index is 0.0754. The summed E-state index contributed by atoms with van der Waals surface area (Å²) in [5.41, 5.74) is 0.291. The lowest BCUT2D eigenvalue weighted by Gasteiger charge is -2.09. The zero-order valence-corrected chi connectivity index (χ0v) is 12.5. The number of carbonyl (C=O) groups excluding carboxylic acids is 1. The van der Waals surface area contributed by atoms with Crippen LogP contribution in [0.25, 0.3) is 0 Å². The predicted octanol–water partition coefficient (Wildman–Crippen LogP) is 5.15. The van der Waals surface area contributed by atoms with Gasteiger partial charge in [-0.1, -0.05) is 29.3 Å². The van der Waals surface area contributed by atoms with Gasteiger partial charge in [-0.25, -0.2) is 4.39 Å². The molecule has 0 atom stereocenters. The fourth-order valence-corrected chi connectivity index (χ4v) is 2.47. The van der Waals surface area contributed by atoms with Crippen molar-refractivity contribution in [2.75, 3.05) is 5.32 Å². The third kappa shape index (κ3) is 3.26. The molecule has 0 unspecified atom stereocenters. The van der Waals surface area contributed by atoms with E-state index in [1.807, 2.05) is 0 Å². The molecule has 0 heterocycles. The zero-order chi connectivity index (χ0) is 14.0. The highest BCUT2D eigenvalue weighted by atomic mass is 79.9. The summed E-state index contributed by atoms with van der Waals surface area (Å²) in [4.78, 5) is 12.0. The van der Waals surface area contributed by atoms with Crippen molar-refractivity contribution in [3.05, 3.63) is 62.3 Å². The maximum atomic E-state index is 13.6. The van der Waals surface area contributed by atoms with Gasteiger partial charge in [0.2, 0.25) is 0 Å². The number of amides is 1. The van der Waals surface area contributed by atoms with Crippen molar-refractivity contribution >= 4 is 50.7 Å². The first-order chi connectivity index (χ1) is 8.99. The molecular weight excluding hydrogens is 356 g/mol. The highest BCUT2D eigenvalue weighted by molar-refractivity contribution is 9.10. The number of hydrogen-bond acceptors (Lipinski definition) is 1. The molecule has 0 aliphatic rings. The monoisotopic (exact) mass is 361 g/mol. The van der Waals surface area contributed by atoms with E-state index >= 15 is 0 Å². The van der Waals surface area contributed by atoms with E-state index in [1.165, 1.54) is 18.2 Å². The van der Waals surface area contributed by atoms with Crippen LogP contribution < -0.4 is 5.32 Å². The summed E-state index contributed by atoms with van der Waals surface area (Å²) in [5, 5.41) is 3.28. The van der Waals surface area contributed by atoms with Gasteiger partial charge in [0.25, 0.3) is 5.91 Å². The quantitative estimate of drug-likeness (QED) is 0.786. The van der Waals surface area contributed by atoms with Gasteiger partial charge in [0.1, 0.15) is 5.82 Å². The minimum Gasteiger partial charge on any atom is -0.321 e. The summed E-state index contributed by atoms with van der Waals surface area (Å²) in [6.45, 7) is 0. The van der Waals surface area contributed by atoms with Gasteiger partial charge in [-0.15, -0.1) is 0 Å². The lowest BCUT2D eigenvalue weighted by molar-refractivity contribution is 0.102. The van der Waals surface area contributed by atoms with Gasteiger partial charge in [-0.2, -0.15) is 0 Å². The molecule has 0 fully saturated rings. The van der Waals surface area contributed by atoms with Gasteiger partial charge in [0.15, 0.2) is 0 Å². The molecule has 98 valence electrons. The van der Waals surface area contributed by atoms with Crippen LogP contribution >= 0.6 is 39.1 Å². The van der Waals surface area contributed by atoms with Crippen LogP contribution in [0.15, 0.2) is 40.9 Å². The number of halogens is 4. The van der Waals surface area contributed by atoms with Crippen molar-refractivity contribution in [2.45, 2.75) is 0 Å². The molecule has 2 aromatic rings. The number of hydrogen-bond donors (Lipinski definition) is 1. The van der Waals surface area contributed by atoms with E-state index in [0.717, 1.165) is 0 Å².